The molecule has 0 atom stereocenters. The first-order valence-corrected chi connectivity index (χ1v) is 6.19. The second-order valence-electron chi connectivity index (χ2n) is 3.18. The van der Waals surface area contributed by atoms with Gasteiger partial charge < -0.3 is 5.53 Å². The van der Waals surface area contributed by atoms with Crippen molar-refractivity contribution in [1.29, 1.82) is 0 Å². The zero-order valence-corrected chi connectivity index (χ0v) is 9.17. The van der Waals surface area contributed by atoms with Crippen LogP contribution in [0.4, 0.5) is 0 Å². The van der Waals surface area contributed by atoms with E-state index in [0.717, 1.165) is 10.4 Å². The van der Waals surface area contributed by atoms with E-state index in [-0.39, 0.29) is 0 Å². The van der Waals surface area contributed by atoms with Crippen molar-refractivity contribution in [3.8, 4) is 0 Å². The lowest BCUT2D eigenvalue weighted by Gasteiger charge is -1.93. The molecule has 0 aliphatic carbocycles. The Morgan fingerprint density at radius 2 is 1.13 bits per heavy atom. The van der Waals surface area contributed by atoms with Gasteiger partial charge in [0.2, 0.25) is 0 Å². The highest BCUT2D eigenvalue weighted by molar-refractivity contribution is 6.74. The second kappa shape index (κ2) is 4.60. The van der Waals surface area contributed by atoms with Crippen LogP contribution in [0.1, 0.15) is 0 Å². The van der Waals surface area contributed by atoms with Gasteiger partial charge in [0.15, 0.2) is 0 Å². The van der Waals surface area contributed by atoms with Crippen molar-refractivity contribution in [3.63, 3.8) is 0 Å². The van der Waals surface area contributed by atoms with Gasteiger partial charge in [0.05, 0.1) is 0 Å². The number of hydrogen-bond donors (Lipinski definition) is 0. The molecule has 0 spiro atoms. The number of hydrogen-bond acceptors (Lipinski definition) is 0. The molecule has 15 heavy (non-hydrogen) atoms. The first-order valence-electron chi connectivity index (χ1n) is 4.74. The standard InChI is InChI=1S/C12H10N2Si/c13-14-15(11-7-3-1-4-8-11)12-9-5-2-6-10-12/h1-10H. The van der Waals surface area contributed by atoms with E-state index in [1.54, 1.807) is 0 Å². The maximum absolute atomic E-state index is 9.10. The molecule has 2 aromatic rings. The zero-order chi connectivity index (χ0) is 10.5. The third-order valence-electron chi connectivity index (χ3n) is 2.19. The van der Waals surface area contributed by atoms with Gasteiger partial charge in [-0.3, -0.25) is 4.43 Å². The molecule has 0 heterocycles. The molecule has 0 aromatic heterocycles. The van der Waals surface area contributed by atoms with Crippen LogP contribution in [0.5, 0.6) is 0 Å². The zero-order valence-electron chi connectivity index (χ0n) is 8.17. The van der Waals surface area contributed by atoms with Crippen LogP contribution in [0, 0.1) is 0 Å². The van der Waals surface area contributed by atoms with Gasteiger partial charge in [-0.1, -0.05) is 60.7 Å². The summed E-state index contributed by atoms with van der Waals surface area (Å²) in [5.41, 5.74) is 9.10. The first kappa shape index (κ1) is 9.71. The van der Waals surface area contributed by atoms with Crippen molar-refractivity contribution in [3.05, 3.63) is 66.2 Å². The molecule has 0 amide bonds. The minimum Gasteiger partial charge on any atom is -0.393 e. The summed E-state index contributed by atoms with van der Waals surface area (Å²) < 4.78 is 3.53. The molecule has 2 aromatic carbocycles. The van der Waals surface area contributed by atoms with Crippen LogP contribution in [-0.4, -0.2) is 8.59 Å². The van der Waals surface area contributed by atoms with Crippen LogP contribution in [0.2, 0.25) is 0 Å². The normalized spacial score (nSPS) is 9.33. The van der Waals surface area contributed by atoms with E-state index in [0.29, 0.717) is 0 Å². The molecule has 0 saturated heterocycles. The van der Waals surface area contributed by atoms with Gasteiger partial charge in [-0.2, -0.15) is 0 Å². The Morgan fingerprint density at radius 1 is 0.733 bits per heavy atom. The summed E-state index contributed by atoms with van der Waals surface area (Å²) >= 11 is 0. The summed E-state index contributed by atoms with van der Waals surface area (Å²) in [5.74, 6) is 0. The lowest BCUT2D eigenvalue weighted by atomic mass is 10.4. The van der Waals surface area contributed by atoms with Crippen LogP contribution >= 0.6 is 0 Å². The SMILES string of the molecule is [N-]=[N+]=[Si](c1ccccc1)c1ccccc1. The Hall–Kier alpha value is -1.83. The minimum atomic E-state index is -1.36. The average Bonchev–Trinajstić information content (AvgIpc) is 2.33. The van der Waals surface area contributed by atoms with E-state index in [4.69, 9.17) is 5.53 Å². The highest BCUT2D eigenvalue weighted by atomic mass is 28.2. The summed E-state index contributed by atoms with van der Waals surface area (Å²) in [6, 6.07) is 19.8. The number of benzene rings is 2. The highest BCUT2D eigenvalue weighted by Crippen LogP contribution is 1.86. The van der Waals surface area contributed by atoms with Crippen LogP contribution in [0.15, 0.2) is 60.7 Å². The first-order chi connectivity index (χ1) is 7.42. The van der Waals surface area contributed by atoms with Crippen molar-refractivity contribution in [2.24, 2.45) is 0 Å². The van der Waals surface area contributed by atoms with Crippen LogP contribution in [-0.2, 0) is 0 Å². The van der Waals surface area contributed by atoms with E-state index in [2.05, 4.69) is 4.43 Å². The molecule has 0 N–H and O–H groups in total. The summed E-state index contributed by atoms with van der Waals surface area (Å²) in [5, 5.41) is 2.19. The lowest BCUT2D eigenvalue weighted by Crippen LogP contribution is -2.35. The summed E-state index contributed by atoms with van der Waals surface area (Å²) in [4.78, 5) is 0. The average molecular weight is 210 g/mol. The summed E-state index contributed by atoms with van der Waals surface area (Å²) in [7, 11) is -1.36. The van der Waals surface area contributed by atoms with Crippen LogP contribution in [0.25, 0.3) is 5.53 Å². The predicted octanol–water partition coefficient (Wildman–Crippen LogP) is 1.15. The molecular weight excluding hydrogens is 200 g/mol. The fraction of sp³-hybridized carbons (Fsp3) is 0. The molecule has 3 heteroatoms. The summed E-state index contributed by atoms with van der Waals surface area (Å²) in [6.07, 6.45) is 0. The van der Waals surface area contributed by atoms with E-state index in [1.165, 1.54) is 0 Å². The van der Waals surface area contributed by atoms with Crippen molar-refractivity contribution in [1.82, 2.24) is 4.43 Å². The molecule has 72 valence electrons. The number of nitrogens with zero attached hydrogens (tertiary/aromatic N) is 2. The molecule has 0 fully saturated rings. The highest BCUT2D eigenvalue weighted by Gasteiger charge is 2.19. The van der Waals surface area contributed by atoms with E-state index >= 15 is 0 Å². The Labute approximate surface area is 90.1 Å². The van der Waals surface area contributed by atoms with E-state index in [9.17, 15) is 0 Å². The van der Waals surface area contributed by atoms with Crippen molar-refractivity contribution < 1.29 is 0 Å². The van der Waals surface area contributed by atoms with Gasteiger partial charge in [0, 0.05) is 10.4 Å². The Kier molecular flexibility index (Phi) is 2.98. The van der Waals surface area contributed by atoms with Crippen LogP contribution in [0.3, 0.4) is 0 Å². The third kappa shape index (κ3) is 2.15. The maximum atomic E-state index is 9.10. The van der Waals surface area contributed by atoms with Crippen molar-refractivity contribution >= 4 is 19.0 Å². The Bertz CT molecular complexity index is 446. The van der Waals surface area contributed by atoms with Gasteiger partial charge in [-0.25, -0.2) is 0 Å². The molecule has 0 unspecified atom stereocenters. The fourth-order valence-electron chi connectivity index (χ4n) is 1.47. The topological polar surface area (TPSA) is 36.4 Å². The fourth-order valence-corrected chi connectivity index (χ4v) is 3.05. The van der Waals surface area contributed by atoms with Gasteiger partial charge in [0.1, 0.15) is 0 Å². The number of rotatable bonds is 2. The van der Waals surface area contributed by atoms with Crippen molar-refractivity contribution in [2.45, 2.75) is 0 Å². The Balaban J connectivity index is 2.48. The van der Waals surface area contributed by atoms with Gasteiger partial charge in [-0.15, -0.1) is 0 Å². The molecule has 0 aliphatic rings. The lowest BCUT2D eigenvalue weighted by molar-refractivity contribution is 1.63. The smallest absolute Gasteiger partial charge is 0.393 e. The molecule has 0 radical (unpaired) electrons. The van der Waals surface area contributed by atoms with Gasteiger partial charge >= 0.3 is 8.59 Å². The van der Waals surface area contributed by atoms with E-state index in [1.807, 2.05) is 60.7 Å². The quantitative estimate of drug-likeness (QED) is 0.405. The molecular formula is C12H10N2Si. The van der Waals surface area contributed by atoms with Gasteiger partial charge in [-0.05, 0) is 0 Å². The van der Waals surface area contributed by atoms with Crippen LogP contribution < -0.4 is 14.8 Å². The minimum absolute atomic E-state index is 1.09. The molecule has 2 nitrogen and oxygen atoms in total. The molecule has 0 bridgehead atoms. The Morgan fingerprint density at radius 3 is 1.47 bits per heavy atom. The molecule has 0 aliphatic heterocycles. The molecule has 2 rings (SSSR count). The molecule has 0 saturated carbocycles. The monoisotopic (exact) mass is 210 g/mol. The maximum Gasteiger partial charge on any atom is 0.547 e. The largest absolute Gasteiger partial charge is 0.547 e. The van der Waals surface area contributed by atoms with E-state index < -0.39 is 8.59 Å². The second-order valence-corrected chi connectivity index (χ2v) is 5.23. The summed E-state index contributed by atoms with van der Waals surface area (Å²) in [6.45, 7) is 0. The van der Waals surface area contributed by atoms with Crippen molar-refractivity contribution in [2.75, 3.05) is 0 Å². The third-order valence-corrected chi connectivity index (χ3v) is 4.15. The predicted molar refractivity (Wildman–Crippen MR) is 63.4 cm³/mol. The van der Waals surface area contributed by atoms with Gasteiger partial charge in [0.25, 0.3) is 0 Å².